The minimum Gasteiger partial charge on any atom is -0.468 e. The maximum atomic E-state index is 5.46. The van der Waals surface area contributed by atoms with Crippen LogP contribution in [0.15, 0.2) is 47.1 Å². The molecular weight excluding hydrogens is 260 g/mol. The van der Waals surface area contributed by atoms with Crippen molar-refractivity contribution in [1.82, 2.24) is 10.2 Å². The summed E-state index contributed by atoms with van der Waals surface area (Å²) in [6.07, 6.45) is 1.74. The Hall–Kier alpha value is -1.58. The van der Waals surface area contributed by atoms with Crippen LogP contribution in [0.4, 0.5) is 0 Å². The van der Waals surface area contributed by atoms with Crippen molar-refractivity contribution in [3.8, 4) is 0 Å². The van der Waals surface area contributed by atoms with Gasteiger partial charge in [-0.25, -0.2) is 0 Å². The van der Waals surface area contributed by atoms with Gasteiger partial charge in [0.05, 0.1) is 12.8 Å². The van der Waals surface area contributed by atoms with E-state index in [4.69, 9.17) is 4.42 Å². The first kappa shape index (κ1) is 15.8. The Balaban J connectivity index is 2.02. The second-order valence-electron chi connectivity index (χ2n) is 5.69. The van der Waals surface area contributed by atoms with E-state index in [0.29, 0.717) is 6.04 Å². The van der Waals surface area contributed by atoms with Crippen LogP contribution in [0.2, 0.25) is 0 Å². The Morgan fingerprint density at radius 1 is 1.05 bits per heavy atom. The van der Waals surface area contributed by atoms with E-state index in [9.17, 15) is 0 Å². The third kappa shape index (κ3) is 5.03. The van der Waals surface area contributed by atoms with Gasteiger partial charge in [-0.1, -0.05) is 45.0 Å². The average molecular weight is 286 g/mol. The Morgan fingerprint density at radius 3 is 2.43 bits per heavy atom. The molecule has 0 atom stereocenters. The molecule has 1 heterocycles. The molecule has 0 bridgehead atoms. The van der Waals surface area contributed by atoms with Crippen molar-refractivity contribution in [2.24, 2.45) is 0 Å². The topological polar surface area (TPSA) is 28.4 Å². The first-order valence-corrected chi connectivity index (χ1v) is 7.74. The fraction of sp³-hybridized carbons (Fsp3) is 0.444. The van der Waals surface area contributed by atoms with Crippen molar-refractivity contribution in [3.63, 3.8) is 0 Å². The number of hydrogen-bond donors (Lipinski definition) is 1. The molecule has 3 nitrogen and oxygen atoms in total. The third-order valence-corrected chi connectivity index (χ3v) is 3.62. The SMILES string of the molecule is CCN(Cc1ccco1)Cc1ccccc1CNC(C)C. The van der Waals surface area contributed by atoms with Crippen molar-refractivity contribution in [2.45, 2.75) is 46.4 Å². The van der Waals surface area contributed by atoms with Crippen LogP contribution in [0.5, 0.6) is 0 Å². The molecule has 0 aliphatic rings. The van der Waals surface area contributed by atoms with E-state index < -0.39 is 0 Å². The second kappa shape index (κ2) is 8.01. The highest BCUT2D eigenvalue weighted by Crippen LogP contribution is 2.14. The van der Waals surface area contributed by atoms with E-state index in [0.717, 1.165) is 31.9 Å². The van der Waals surface area contributed by atoms with E-state index in [1.807, 2.05) is 12.1 Å². The first-order chi connectivity index (χ1) is 10.2. The zero-order chi connectivity index (χ0) is 15.1. The molecule has 0 saturated heterocycles. The number of nitrogens with one attached hydrogen (secondary N) is 1. The molecule has 1 aromatic carbocycles. The molecular formula is C18H26N2O. The maximum absolute atomic E-state index is 5.46. The molecule has 2 aromatic rings. The zero-order valence-electron chi connectivity index (χ0n) is 13.3. The summed E-state index contributed by atoms with van der Waals surface area (Å²) >= 11 is 0. The Labute approximate surface area is 128 Å². The standard InChI is InChI=1S/C18H26N2O/c1-4-20(14-18-10-7-11-21-18)13-17-9-6-5-8-16(17)12-19-15(2)3/h5-11,15,19H,4,12-14H2,1-3H3. The highest BCUT2D eigenvalue weighted by Gasteiger charge is 2.09. The summed E-state index contributed by atoms with van der Waals surface area (Å²) in [5.41, 5.74) is 2.77. The van der Waals surface area contributed by atoms with Crippen LogP contribution >= 0.6 is 0 Å². The van der Waals surface area contributed by atoms with Gasteiger partial charge in [-0.2, -0.15) is 0 Å². The molecule has 0 unspecified atom stereocenters. The lowest BCUT2D eigenvalue weighted by Gasteiger charge is -2.21. The van der Waals surface area contributed by atoms with Crippen molar-refractivity contribution < 1.29 is 4.42 Å². The minimum atomic E-state index is 0.503. The van der Waals surface area contributed by atoms with Gasteiger partial charge in [0.2, 0.25) is 0 Å². The summed E-state index contributed by atoms with van der Waals surface area (Å²) < 4.78 is 5.46. The van der Waals surface area contributed by atoms with Crippen LogP contribution in [-0.2, 0) is 19.6 Å². The molecule has 0 radical (unpaired) electrons. The molecule has 0 aliphatic carbocycles. The summed E-state index contributed by atoms with van der Waals surface area (Å²) in [7, 11) is 0. The normalized spacial score (nSPS) is 11.5. The fourth-order valence-corrected chi connectivity index (χ4v) is 2.34. The van der Waals surface area contributed by atoms with Crippen molar-refractivity contribution in [3.05, 3.63) is 59.5 Å². The predicted octanol–water partition coefficient (Wildman–Crippen LogP) is 3.80. The molecule has 0 fully saturated rings. The number of benzene rings is 1. The Bertz CT molecular complexity index is 520. The zero-order valence-corrected chi connectivity index (χ0v) is 13.3. The van der Waals surface area contributed by atoms with Gasteiger partial charge in [0.1, 0.15) is 5.76 Å². The molecule has 0 spiro atoms. The second-order valence-corrected chi connectivity index (χ2v) is 5.69. The van der Waals surface area contributed by atoms with Gasteiger partial charge in [0.25, 0.3) is 0 Å². The van der Waals surface area contributed by atoms with Crippen molar-refractivity contribution in [2.75, 3.05) is 6.54 Å². The van der Waals surface area contributed by atoms with Gasteiger partial charge < -0.3 is 9.73 Å². The largest absolute Gasteiger partial charge is 0.468 e. The molecule has 1 aromatic heterocycles. The maximum Gasteiger partial charge on any atom is 0.117 e. The number of nitrogens with zero attached hydrogens (tertiary/aromatic N) is 1. The lowest BCUT2D eigenvalue weighted by molar-refractivity contribution is 0.247. The summed E-state index contributed by atoms with van der Waals surface area (Å²) in [5.74, 6) is 1.02. The van der Waals surface area contributed by atoms with Crippen LogP contribution in [-0.4, -0.2) is 17.5 Å². The van der Waals surface area contributed by atoms with Crippen LogP contribution in [0.1, 0.15) is 37.7 Å². The molecule has 3 heteroatoms. The summed E-state index contributed by atoms with van der Waals surface area (Å²) in [6.45, 7) is 10.3. The highest BCUT2D eigenvalue weighted by atomic mass is 16.3. The van der Waals surface area contributed by atoms with E-state index in [2.05, 4.69) is 55.3 Å². The van der Waals surface area contributed by atoms with E-state index in [-0.39, 0.29) is 0 Å². The molecule has 114 valence electrons. The quantitative estimate of drug-likeness (QED) is 0.800. The van der Waals surface area contributed by atoms with Crippen LogP contribution in [0, 0.1) is 0 Å². The van der Waals surface area contributed by atoms with Crippen molar-refractivity contribution in [1.29, 1.82) is 0 Å². The smallest absolute Gasteiger partial charge is 0.117 e. The van der Waals surface area contributed by atoms with Crippen LogP contribution in [0.3, 0.4) is 0 Å². The van der Waals surface area contributed by atoms with Crippen LogP contribution < -0.4 is 5.32 Å². The molecule has 1 N–H and O–H groups in total. The van der Waals surface area contributed by atoms with E-state index in [1.165, 1.54) is 11.1 Å². The third-order valence-electron chi connectivity index (χ3n) is 3.62. The highest BCUT2D eigenvalue weighted by molar-refractivity contribution is 5.27. The Morgan fingerprint density at radius 2 is 1.81 bits per heavy atom. The summed E-state index contributed by atoms with van der Waals surface area (Å²) in [6, 6.07) is 13.2. The fourth-order valence-electron chi connectivity index (χ4n) is 2.34. The van der Waals surface area contributed by atoms with Crippen LogP contribution in [0.25, 0.3) is 0 Å². The molecule has 21 heavy (non-hydrogen) atoms. The first-order valence-electron chi connectivity index (χ1n) is 7.74. The number of rotatable bonds is 8. The van der Waals surface area contributed by atoms with Crippen molar-refractivity contribution >= 4 is 0 Å². The molecule has 2 rings (SSSR count). The average Bonchev–Trinajstić information content (AvgIpc) is 2.98. The Kier molecular flexibility index (Phi) is 6.03. The van der Waals surface area contributed by atoms with E-state index in [1.54, 1.807) is 6.26 Å². The number of hydrogen-bond acceptors (Lipinski definition) is 3. The monoisotopic (exact) mass is 286 g/mol. The van der Waals surface area contributed by atoms with Gasteiger partial charge in [0, 0.05) is 19.1 Å². The van der Waals surface area contributed by atoms with Gasteiger partial charge in [-0.05, 0) is 29.8 Å². The van der Waals surface area contributed by atoms with Gasteiger partial charge in [0.15, 0.2) is 0 Å². The summed E-state index contributed by atoms with van der Waals surface area (Å²) in [5, 5.41) is 3.50. The van der Waals surface area contributed by atoms with Gasteiger partial charge >= 0.3 is 0 Å². The lowest BCUT2D eigenvalue weighted by Crippen LogP contribution is -2.25. The summed E-state index contributed by atoms with van der Waals surface area (Å²) in [4.78, 5) is 2.40. The van der Waals surface area contributed by atoms with Gasteiger partial charge in [-0.15, -0.1) is 0 Å². The van der Waals surface area contributed by atoms with E-state index >= 15 is 0 Å². The lowest BCUT2D eigenvalue weighted by atomic mass is 10.1. The molecule has 0 amide bonds. The predicted molar refractivity (Wildman–Crippen MR) is 86.9 cm³/mol. The minimum absolute atomic E-state index is 0.503. The molecule has 0 aliphatic heterocycles. The number of furan rings is 1. The van der Waals surface area contributed by atoms with Gasteiger partial charge in [-0.3, -0.25) is 4.90 Å². The molecule has 0 saturated carbocycles.